The summed E-state index contributed by atoms with van der Waals surface area (Å²) in [7, 11) is -0.319. The molecule has 0 amide bonds. The van der Waals surface area contributed by atoms with Gasteiger partial charge in [-0.3, -0.25) is 4.98 Å². The standard InChI is InChI=1S/C18H20BNO2.C17H12N2.C5H4BrN/c1-17(2)18(3,4)22-19(21-17)12-9-10-14-13-7-5-6-8-15(13)20-16(14)11-12;1-2-7-16-13(5-1)14-9-8-12(11-17(14)19-16)15-6-3-4-10-18-15;6-5-3-1-2-4-7-5/h5-11,20H,1-4H3;1-11,19H;1-4H. The van der Waals surface area contributed by atoms with Crippen molar-refractivity contribution in [3.05, 3.63) is 138 Å². The van der Waals surface area contributed by atoms with Crippen molar-refractivity contribution < 1.29 is 9.31 Å². The second-order valence-electron chi connectivity index (χ2n) is 12.9. The third-order valence-corrected chi connectivity index (χ3v) is 9.62. The lowest BCUT2D eigenvalue weighted by Crippen LogP contribution is -2.41. The van der Waals surface area contributed by atoms with Crippen LogP contribution < -0.4 is 5.46 Å². The third kappa shape index (κ3) is 6.39. The summed E-state index contributed by atoms with van der Waals surface area (Å²) in [6.07, 6.45) is 3.56. The molecule has 1 fully saturated rings. The fourth-order valence-electron chi connectivity index (χ4n) is 5.89. The van der Waals surface area contributed by atoms with Gasteiger partial charge in [0, 0.05) is 61.6 Å². The maximum absolute atomic E-state index is 6.14. The number of hydrogen-bond acceptors (Lipinski definition) is 4. The van der Waals surface area contributed by atoms with Crippen LogP contribution in [0.15, 0.2) is 138 Å². The summed E-state index contributed by atoms with van der Waals surface area (Å²) in [5.41, 5.74) is 7.18. The van der Waals surface area contributed by atoms with Crippen LogP contribution >= 0.6 is 15.9 Å². The van der Waals surface area contributed by atoms with E-state index in [1.165, 1.54) is 27.1 Å². The summed E-state index contributed by atoms with van der Waals surface area (Å²) in [4.78, 5) is 15.2. The zero-order valence-electron chi connectivity index (χ0n) is 27.4. The van der Waals surface area contributed by atoms with Gasteiger partial charge < -0.3 is 19.3 Å². The first-order chi connectivity index (χ1) is 23.2. The van der Waals surface area contributed by atoms with E-state index in [4.69, 9.17) is 9.31 Å². The van der Waals surface area contributed by atoms with Gasteiger partial charge in [0.25, 0.3) is 0 Å². The average Bonchev–Trinajstić information content (AvgIpc) is 3.73. The molecule has 0 atom stereocenters. The maximum atomic E-state index is 6.14. The molecule has 5 heterocycles. The van der Waals surface area contributed by atoms with Crippen LogP contribution in [0.25, 0.3) is 54.9 Å². The van der Waals surface area contributed by atoms with Crippen LogP contribution in [0, 0.1) is 0 Å². The zero-order chi connectivity index (χ0) is 33.3. The molecule has 0 aliphatic carbocycles. The third-order valence-electron chi connectivity index (χ3n) is 9.15. The van der Waals surface area contributed by atoms with Gasteiger partial charge in [0.05, 0.1) is 16.9 Å². The zero-order valence-corrected chi connectivity index (χ0v) is 29.0. The molecule has 48 heavy (non-hydrogen) atoms. The van der Waals surface area contributed by atoms with Crippen molar-refractivity contribution in [2.75, 3.05) is 0 Å². The van der Waals surface area contributed by atoms with Gasteiger partial charge in [-0.15, -0.1) is 0 Å². The summed E-state index contributed by atoms with van der Waals surface area (Å²) in [5, 5.41) is 5.01. The van der Waals surface area contributed by atoms with Crippen molar-refractivity contribution >= 4 is 72.1 Å². The van der Waals surface area contributed by atoms with E-state index in [0.29, 0.717) is 0 Å². The predicted octanol–water partition coefficient (Wildman–Crippen LogP) is 9.85. The number of hydrogen-bond donors (Lipinski definition) is 2. The lowest BCUT2D eigenvalue weighted by atomic mass is 9.79. The second-order valence-corrected chi connectivity index (χ2v) is 13.7. The molecule has 0 unspecified atom stereocenters. The summed E-state index contributed by atoms with van der Waals surface area (Å²) in [6, 6.07) is 41.3. The summed E-state index contributed by atoms with van der Waals surface area (Å²) in [6.45, 7) is 8.31. The molecule has 0 bridgehead atoms. The van der Waals surface area contributed by atoms with Crippen molar-refractivity contribution in [2.45, 2.75) is 38.9 Å². The smallest absolute Gasteiger partial charge is 0.399 e. The molecule has 2 N–H and O–H groups in total. The molecule has 8 heteroatoms. The number of aromatic nitrogens is 4. The first kappa shape index (κ1) is 31.8. The van der Waals surface area contributed by atoms with Gasteiger partial charge in [0.2, 0.25) is 0 Å². The Morgan fingerprint density at radius 2 is 1.06 bits per heavy atom. The van der Waals surface area contributed by atoms with E-state index in [1.54, 1.807) is 6.20 Å². The summed E-state index contributed by atoms with van der Waals surface area (Å²) < 4.78 is 13.2. The number of aromatic amines is 2. The second kappa shape index (κ2) is 13.0. The topological polar surface area (TPSA) is 75.8 Å². The van der Waals surface area contributed by atoms with E-state index in [-0.39, 0.29) is 18.3 Å². The Labute approximate surface area is 288 Å². The maximum Gasteiger partial charge on any atom is 0.494 e. The Hall–Kier alpha value is -4.76. The Morgan fingerprint density at radius 1 is 0.542 bits per heavy atom. The minimum Gasteiger partial charge on any atom is -0.399 e. The van der Waals surface area contributed by atoms with Gasteiger partial charge in [0.15, 0.2) is 0 Å². The SMILES string of the molecule is Brc1ccccn1.CC1(C)OB(c2ccc3c(c2)[nH]c2ccccc23)OC1(C)C.c1ccc(-c2ccc3c(c2)[nH]c2ccccc23)nc1. The molecule has 0 spiro atoms. The van der Waals surface area contributed by atoms with Gasteiger partial charge in [-0.05, 0) is 97.6 Å². The average molecular weight is 695 g/mol. The van der Waals surface area contributed by atoms with E-state index < -0.39 is 0 Å². The molecule has 8 aromatic rings. The lowest BCUT2D eigenvalue weighted by molar-refractivity contribution is 0.00578. The van der Waals surface area contributed by atoms with E-state index in [1.807, 2.05) is 48.7 Å². The van der Waals surface area contributed by atoms with Crippen LogP contribution in [-0.4, -0.2) is 38.3 Å². The number of rotatable bonds is 2. The van der Waals surface area contributed by atoms with Gasteiger partial charge >= 0.3 is 7.12 Å². The highest BCUT2D eigenvalue weighted by Gasteiger charge is 2.51. The van der Waals surface area contributed by atoms with Crippen LogP contribution in [0.3, 0.4) is 0 Å². The summed E-state index contributed by atoms with van der Waals surface area (Å²) in [5.74, 6) is 0. The number of pyridine rings is 2. The molecule has 0 saturated carbocycles. The fraction of sp³-hybridized carbons (Fsp3) is 0.150. The first-order valence-electron chi connectivity index (χ1n) is 16.0. The monoisotopic (exact) mass is 694 g/mol. The Balaban J connectivity index is 0.000000128. The molecule has 9 rings (SSSR count). The molecule has 1 aliphatic rings. The van der Waals surface area contributed by atoms with Gasteiger partial charge in [-0.1, -0.05) is 72.8 Å². The Morgan fingerprint density at radius 3 is 1.60 bits per heavy atom. The highest BCUT2D eigenvalue weighted by Crippen LogP contribution is 2.37. The predicted molar refractivity (Wildman–Crippen MR) is 202 cm³/mol. The van der Waals surface area contributed by atoms with Crippen LogP contribution in [0.5, 0.6) is 0 Å². The normalized spacial score (nSPS) is 14.9. The summed E-state index contributed by atoms with van der Waals surface area (Å²) >= 11 is 3.20. The van der Waals surface area contributed by atoms with Gasteiger partial charge in [-0.25, -0.2) is 4.98 Å². The number of fused-ring (bicyclic) bond motifs is 6. The van der Waals surface area contributed by atoms with Crippen LogP contribution in [0.2, 0.25) is 0 Å². The van der Waals surface area contributed by atoms with Crippen molar-refractivity contribution in [1.82, 2.24) is 19.9 Å². The molecule has 1 aliphatic heterocycles. The molecule has 1 saturated heterocycles. The Bertz CT molecular complexity index is 2320. The molecule has 4 aromatic heterocycles. The highest BCUT2D eigenvalue weighted by molar-refractivity contribution is 9.10. The lowest BCUT2D eigenvalue weighted by Gasteiger charge is -2.32. The number of nitrogens with one attached hydrogen (secondary N) is 2. The van der Waals surface area contributed by atoms with E-state index in [2.05, 4.69) is 142 Å². The minimum absolute atomic E-state index is 0.312. The van der Waals surface area contributed by atoms with Gasteiger partial charge in [0.1, 0.15) is 4.60 Å². The number of halogens is 1. The molecule has 6 nitrogen and oxygen atoms in total. The number of nitrogens with zero attached hydrogens (tertiary/aromatic N) is 2. The largest absolute Gasteiger partial charge is 0.494 e. The molecule has 238 valence electrons. The quantitative estimate of drug-likeness (QED) is 0.140. The van der Waals surface area contributed by atoms with E-state index in [9.17, 15) is 0 Å². The van der Waals surface area contributed by atoms with Crippen molar-refractivity contribution in [1.29, 1.82) is 0 Å². The molecule has 4 aromatic carbocycles. The van der Waals surface area contributed by atoms with Crippen LogP contribution in [0.1, 0.15) is 27.7 Å². The fourth-order valence-corrected chi connectivity index (χ4v) is 6.16. The number of H-pyrrole nitrogens is 2. The first-order valence-corrected chi connectivity index (χ1v) is 16.8. The Kier molecular flexibility index (Phi) is 8.64. The molecular weight excluding hydrogens is 659 g/mol. The number of benzene rings is 4. The van der Waals surface area contributed by atoms with Gasteiger partial charge in [-0.2, -0.15) is 0 Å². The van der Waals surface area contributed by atoms with E-state index >= 15 is 0 Å². The molecular formula is C40H36BBrN4O2. The van der Waals surface area contributed by atoms with Crippen LogP contribution in [0.4, 0.5) is 0 Å². The van der Waals surface area contributed by atoms with E-state index in [0.717, 1.165) is 37.9 Å². The van der Waals surface area contributed by atoms with Crippen molar-refractivity contribution in [3.63, 3.8) is 0 Å². The van der Waals surface area contributed by atoms with Crippen LogP contribution in [-0.2, 0) is 9.31 Å². The van der Waals surface area contributed by atoms with Crippen molar-refractivity contribution in [3.8, 4) is 11.3 Å². The minimum atomic E-state index is -0.319. The van der Waals surface area contributed by atoms with Crippen molar-refractivity contribution in [2.24, 2.45) is 0 Å². The molecule has 0 radical (unpaired) electrons. The highest BCUT2D eigenvalue weighted by atomic mass is 79.9. The number of para-hydroxylation sites is 2.